The van der Waals surface area contributed by atoms with Gasteiger partial charge in [-0.3, -0.25) is 0 Å². The van der Waals surface area contributed by atoms with Crippen molar-refractivity contribution in [3.63, 3.8) is 0 Å². The Hall–Kier alpha value is -1.00. The van der Waals surface area contributed by atoms with Crippen LogP contribution < -0.4 is 10.1 Å². The van der Waals surface area contributed by atoms with Gasteiger partial charge < -0.3 is 10.1 Å². The summed E-state index contributed by atoms with van der Waals surface area (Å²) in [6, 6.07) is 14.3. The predicted octanol–water partition coefficient (Wildman–Crippen LogP) is 5.39. The van der Waals surface area contributed by atoms with E-state index in [1.807, 2.05) is 36.4 Å². The Balaban J connectivity index is 2.23. The SMILES string of the molecule is COc1cccc(C(C)Nc2c(Br)cccc2Br)c1. The van der Waals surface area contributed by atoms with Crippen LogP contribution in [0.15, 0.2) is 51.4 Å². The van der Waals surface area contributed by atoms with Crippen LogP contribution in [0, 0.1) is 0 Å². The fourth-order valence-corrected chi connectivity index (χ4v) is 3.07. The average Bonchev–Trinajstić information content (AvgIpc) is 2.43. The summed E-state index contributed by atoms with van der Waals surface area (Å²) in [4.78, 5) is 0. The van der Waals surface area contributed by atoms with Gasteiger partial charge in [-0.25, -0.2) is 0 Å². The highest BCUT2D eigenvalue weighted by molar-refractivity contribution is 9.11. The zero-order valence-corrected chi connectivity index (χ0v) is 14.0. The van der Waals surface area contributed by atoms with Crippen LogP contribution in [0.1, 0.15) is 18.5 Å². The summed E-state index contributed by atoms with van der Waals surface area (Å²) in [5, 5.41) is 3.50. The van der Waals surface area contributed by atoms with Crippen LogP contribution in [0.2, 0.25) is 0 Å². The van der Waals surface area contributed by atoms with Gasteiger partial charge in [0.25, 0.3) is 0 Å². The first-order chi connectivity index (χ1) is 9.11. The summed E-state index contributed by atoms with van der Waals surface area (Å²) in [7, 11) is 1.68. The van der Waals surface area contributed by atoms with Gasteiger partial charge in [0.2, 0.25) is 0 Å². The maximum Gasteiger partial charge on any atom is 0.119 e. The van der Waals surface area contributed by atoms with Crippen molar-refractivity contribution in [2.75, 3.05) is 12.4 Å². The van der Waals surface area contributed by atoms with Gasteiger partial charge in [-0.1, -0.05) is 18.2 Å². The molecule has 0 aliphatic carbocycles. The molecule has 0 aliphatic heterocycles. The number of halogens is 2. The Morgan fingerprint density at radius 1 is 1.05 bits per heavy atom. The number of nitrogens with one attached hydrogen (secondary N) is 1. The van der Waals surface area contributed by atoms with Crippen molar-refractivity contribution in [3.8, 4) is 5.75 Å². The van der Waals surface area contributed by atoms with Gasteiger partial charge in [0.15, 0.2) is 0 Å². The summed E-state index contributed by atoms with van der Waals surface area (Å²) in [6.07, 6.45) is 0. The van der Waals surface area contributed by atoms with Crippen molar-refractivity contribution in [3.05, 3.63) is 57.0 Å². The molecule has 0 amide bonds. The van der Waals surface area contributed by atoms with E-state index in [1.165, 1.54) is 5.56 Å². The lowest BCUT2D eigenvalue weighted by atomic mass is 10.1. The number of benzene rings is 2. The van der Waals surface area contributed by atoms with Crippen LogP contribution in [0.3, 0.4) is 0 Å². The van der Waals surface area contributed by atoms with Gasteiger partial charge in [-0.15, -0.1) is 0 Å². The summed E-state index contributed by atoms with van der Waals surface area (Å²) in [5.41, 5.74) is 2.24. The topological polar surface area (TPSA) is 21.3 Å². The highest BCUT2D eigenvalue weighted by atomic mass is 79.9. The molecule has 0 aliphatic rings. The maximum atomic E-state index is 5.26. The number of ether oxygens (including phenoxy) is 1. The van der Waals surface area contributed by atoms with E-state index in [-0.39, 0.29) is 6.04 Å². The lowest BCUT2D eigenvalue weighted by Crippen LogP contribution is -2.07. The summed E-state index contributed by atoms with van der Waals surface area (Å²) in [5.74, 6) is 0.873. The Labute approximate surface area is 130 Å². The molecule has 0 fully saturated rings. The molecule has 4 heteroatoms. The zero-order valence-electron chi connectivity index (χ0n) is 10.8. The maximum absolute atomic E-state index is 5.26. The molecule has 100 valence electrons. The quantitative estimate of drug-likeness (QED) is 0.762. The average molecular weight is 385 g/mol. The third-order valence-corrected chi connectivity index (χ3v) is 4.24. The molecule has 0 bridgehead atoms. The molecule has 0 radical (unpaired) electrons. The van der Waals surface area contributed by atoms with Crippen LogP contribution >= 0.6 is 31.9 Å². The van der Waals surface area contributed by atoms with Crippen LogP contribution in [0.25, 0.3) is 0 Å². The molecule has 2 rings (SSSR count). The van der Waals surface area contributed by atoms with Crippen LogP contribution in [-0.2, 0) is 0 Å². The van der Waals surface area contributed by atoms with E-state index in [2.05, 4.69) is 50.2 Å². The Morgan fingerprint density at radius 3 is 2.32 bits per heavy atom. The van der Waals surface area contributed by atoms with Crippen LogP contribution in [0.5, 0.6) is 5.75 Å². The van der Waals surface area contributed by atoms with E-state index in [0.717, 1.165) is 20.4 Å². The second-order valence-electron chi connectivity index (χ2n) is 4.24. The van der Waals surface area contributed by atoms with Crippen molar-refractivity contribution in [1.82, 2.24) is 0 Å². The van der Waals surface area contributed by atoms with Gasteiger partial charge in [-0.2, -0.15) is 0 Å². The normalized spacial score (nSPS) is 12.0. The fourth-order valence-electron chi connectivity index (χ4n) is 1.85. The predicted molar refractivity (Wildman–Crippen MR) is 86.9 cm³/mol. The first-order valence-electron chi connectivity index (χ1n) is 5.96. The molecule has 1 atom stereocenters. The molecule has 0 aromatic heterocycles. The van der Waals surface area contributed by atoms with Crippen molar-refractivity contribution >= 4 is 37.5 Å². The van der Waals surface area contributed by atoms with Crippen molar-refractivity contribution in [2.45, 2.75) is 13.0 Å². The highest BCUT2D eigenvalue weighted by Gasteiger charge is 2.10. The third kappa shape index (κ3) is 3.51. The smallest absolute Gasteiger partial charge is 0.119 e. The summed E-state index contributed by atoms with van der Waals surface area (Å²) < 4.78 is 7.33. The third-order valence-electron chi connectivity index (χ3n) is 2.92. The molecule has 1 N–H and O–H groups in total. The Bertz CT molecular complexity index is 552. The fraction of sp³-hybridized carbons (Fsp3) is 0.200. The molecule has 2 aromatic rings. The largest absolute Gasteiger partial charge is 0.497 e. The van der Waals surface area contributed by atoms with E-state index in [1.54, 1.807) is 7.11 Å². The van der Waals surface area contributed by atoms with E-state index < -0.39 is 0 Å². The molecular weight excluding hydrogens is 370 g/mol. The van der Waals surface area contributed by atoms with E-state index >= 15 is 0 Å². The molecule has 0 saturated heterocycles. The van der Waals surface area contributed by atoms with Gasteiger partial charge in [0.05, 0.1) is 12.8 Å². The number of methoxy groups -OCH3 is 1. The minimum Gasteiger partial charge on any atom is -0.497 e. The molecule has 0 heterocycles. The minimum absolute atomic E-state index is 0.185. The first-order valence-corrected chi connectivity index (χ1v) is 7.55. The Kier molecular flexibility index (Phi) is 4.88. The van der Waals surface area contributed by atoms with E-state index in [0.29, 0.717) is 0 Å². The first kappa shape index (κ1) is 14.4. The van der Waals surface area contributed by atoms with E-state index in [4.69, 9.17) is 4.74 Å². The van der Waals surface area contributed by atoms with Gasteiger partial charge in [0, 0.05) is 15.0 Å². The van der Waals surface area contributed by atoms with E-state index in [9.17, 15) is 0 Å². The number of anilines is 1. The number of rotatable bonds is 4. The standard InChI is InChI=1S/C15H15Br2NO/c1-10(11-5-3-6-12(9-11)19-2)18-15-13(16)7-4-8-14(15)17/h3-10,18H,1-2H3. The molecule has 19 heavy (non-hydrogen) atoms. The van der Waals surface area contributed by atoms with Crippen LogP contribution in [-0.4, -0.2) is 7.11 Å². The van der Waals surface area contributed by atoms with Gasteiger partial charge in [0.1, 0.15) is 5.75 Å². The Morgan fingerprint density at radius 2 is 1.68 bits per heavy atom. The van der Waals surface area contributed by atoms with Crippen LogP contribution in [0.4, 0.5) is 5.69 Å². The molecule has 2 nitrogen and oxygen atoms in total. The highest BCUT2D eigenvalue weighted by Crippen LogP contribution is 2.33. The number of hydrogen-bond donors (Lipinski definition) is 1. The van der Waals surface area contributed by atoms with Crippen molar-refractivity contribution in [2.24, 2.45) is 0 Å². The molecular formula is C15H15Br2NO. The monoisotopic (exact) mass is 383 g/mol. The lowest BCUT2D eigenvalue weighted by molar-refractivity contribution is 0.414. The molecule has 0 spiro atoms. The molecule has 1 unspecified atom stereocenters. The summed E-state index contributed by atoms with van der Waals surface area (Å²) in [6.45, 7) is 2.13. The second-order valence-corrected chi connectivity index (χ2v) is 5.95. The number of para-hydroxylation sites is 1. The number of hydrogen-bond acceptors (Lipinski definition) is 2. The van der Waals surface area contributed by atoms with Crippen molar-refractivity contribution < 1.29 is 4.74 Å². The van der Waals surface area contributed by atoms with Gasteiger partial charge >= 0.3 is 0 Å². The zero-order chi connectivity index (χ0) is 13.8. The minimum atomic E-state index is 0.185. The lowest BCUT2D eigenvalue weighted by Gasteiger charge is -2.18. The molecule has 2 aromatic carbocycles. The molecule has 0 saturated carbocycles. The van der Waals surface area contributed by atoms with Crippen molar-refractivity contribution in [1.29, 1.82) is 0 Å². The summed E-state index contributed by atoms with van der Waals surface area (Å²) >= 11 is 7.12. The second kappa shape index (κ2) is 6.44. The van der Waals surface area contributed by atoms with Gasteiger partial charge in [-0.05, 0) is 68.6 Å².